The van der Waals surface area contributed by atoms with Crippen LogP contribution in [-0.2, 0) is 0 Å². The third kappa shape index (κ3) is 3.44. The number of rotatable bonds is 4. The standard InChI is InChI=1S/C18H14N4O2/c23-16-10-2-1-7-13(16)18(24)22-21-17(14-8-3-5-11-19-14)15-9-4-6-12-20-15/h1-12,23H,(H,22,24). The SMILES string of the molecule is O=C(NN=C(c1ccccn1)c1ccccn1)c1ccccc1O. The van der Waals surface area contributed by atoms with Crippen LogP contribution in [0.5, 0.6) is 5.75 Å². The van der Waals surface area contributed by atoms with Crippen LogP contribution in [0.15, 0.2) is 78.2 Å². The van der Waals surface area contributed by atoms with E-state index < -0.39 is 5.91 Å². The number of aromatic nitrogens is 2. The van der Waals surface area contributed by atoms with Crippen molar-refractivity contribution in [1.82, 2.24) is 15.4 Å². The third-order valence-electron chi connectivity index (χ3n) is 3.23. The molecule has 0 aliphatic heterocycles. The molecule has 0 atom stereocenters. The van der Waals surface area contributed by atoms with Crippen LogP contribution in [0.3, 0.4) is 0 Å². The minimum absolute atomic E-state index is 0.109. The number of phenolic OH excluding ortho intramolecular Hbond substituents is 1. The molecule has 3 rings (SSSR count). The molecule has 0 aliphatic carbocycles. The number of aromatic hydroxyl groups is 1. The van der Waals surface area contributed by atoms with Gasteiger partial charge in [0.25, 0.3) is 5.91 Å². The second kappa shape index (κ2) is 7.15. The van der Waals surface area contributed by atoms with E-state index in [-0.39, 0.29) is 11.3 Å². The number of nitrogens with zero attached hydrogens (tertiary/aromatic N) is 3. The van der Waals surface area contributed by atoms with Crippen LogP contribution in [0.4, 0.5) is 0 Å². The fourth-order valence-corrected chi connectivity index (χ4v) is 2.08. The van der Waals surface area contributed by atoms with E-state index in [9.17, 15) is 9.90 Å². The lowest BCUT2D eigenvalue weighted by molar-refractivity contribution is 0.0952. The molecule has 24 heavy (non-hydrogen) atoms. The molecule has 0 bridgehead atoms. The zero-order valence-electron chi connectivity index (χ0n) is 12.6. The molecule has 0 fully saturated rings. The normalized spacial score (nSPS) is 10.0. The van der Waals surface area contributed by atoms with E-state index in [0.29, 0.717) is 17.1 Å². The summed E-state index contributed by atoms with van der Waals surface area (Å²) in [6.07, 6.45) is 3.28. The van der Waals surface area contributed by atoms with Crippen molar-refractivity contribution < 1.29 is 9.90 Å². The average Bonchev–Trinajstić information content (AvgIpc) is 2.64. The molecule has 2 N–H and O–H groups in total. The van der Waals surface area contributed by atoms with Gasteiger partial charge in [-0.1, -0.05) is 24.3 Å². The molecule has 0 radical (unpaired) electrons. The number of hydrazone groups is 1. The molecular weight excluding hydrogens is 304 g/mol. The van der Waals surface area contributed by atoms with E-state index in [1.54, 1.807) is 48.8 Å². The number of hydrogen-bond acceptors (Lipinski definition) is 5. The van der Waals surface area contributed by atoms with Crippen molar-refractivity contribution in [2.45, 2.75) is 0 Å². The summed E-state index contributed by atoms with van der Waals surface area (Å²) in [5.74, 6) is -0.625. The van der Waals surface area contributed by atoms with E-state index >= 15 is 0 Å². The van der Waals surface area contributed by atoms with Gasteiger partial charge in [-0.05, 0) is 36.4 Å². The quantitative estimate of drug-likeness (QED) is 0.571. The van der Waals surface area contributed by atoms with E-state index in [4.69, 9.17) is 0 Å². The Bertz CT molecular complexity index is 823. The van der Waals surface area contributed by atoms with E-state index in [2.05, 4.69) is 20.5 Å². The fourth-order valence-electron chi connectivity index (χ4n) is 2.08. The number of phenols is 1. The number of hydrogen-bond donors (Lipinski definition) is 2. The second-order valence-electron chi connectivity index (χ2n) is 4.85. The molecule has 2 heterocycles. The molecule has 0 unspecified atom stereocenters. The summed E-state index contributed by atoms with van der Waals surface area (Å²) in [4.78, 5) is 20.7. The second-order valence-corrected chi connectivity index (χ2v) is 4.85. The summed E-state index contributed by atoms with van der Waals surface area (Å²) in [7, 11) is 0. The molecule has 6 nitrogen and oxygen atoms in total. The minimum Gasteiger partial charge on any atom is -0.507 e. The molecule has 2 aromatic heterocycles. The first-order valence-corrected chi connectivity index (χ1v) is 7.24. The topological polar surface area (TPSA) is 87.5 Å². The molecule has 3 aromatic rings. The van der Waals surface area contributed by atoms with Crippen LogP contribution in [0.25, 0.3) is 0 Å². The average molecular weight is 318 g/mol. The Balaban J connectivity index is 1.93. The zero-order valence-corrected chi connectivity index (χ0v) is 12.6. The Morgan fingerprint density at radius 3 is 2.00 bits per heavy atom. The van der Waals surface area contributed by atoms with Crippen LogP contribution in [0.1, 0.15) is 21.7 Å². The van der Waals surface area contributed by atoms with Crippen molar-refractivity contribution in [2.75, 3.05) is 0 Å². The lowest BCUT2D eigenvalue weighted by Gasteiger charge is -2.07. The largest absolute Gasteiger partial charge is 0.507 e. The highest BCUT2D eigenvalue weighted by Gasteiger charge is 2.13. The molecule has 1 amide bonds. The summed E-state index contributed by atoms with van der Waals surface area (Å²) in [6.45, 7) is 0. The van der Waals surface area contributed by atoms with E-state index in [1.807, 2.05) is 12.1 Å². The lowest BCUT2D eigenvalue weighted by Crippen LogP contribution is -2.21. The predicted molar refractivity (Wildman–Crippen MR) is 89.7 cm³/mol. The summed E-state index contributed by atoms with van der Waals surface area (Å²) in [6, 6.07) is 17.1. The minimum atomic E-state index is -0.516. The number of benzene rings is 1. The van der Waals surface area contributed by atoms with Gasteiger partial charge in [0, 0.05) is 12.4 Å². The van der Waals surface area contributed by atoms with Crippen LogP contribution < -0.4 is 5.43 Å². The number of nitrogens with one attached hydrogen (secondary N) is 1. The van der Waals surface area contributed by atoms with Crippen molar-refractivity contribution in [1.29, 1.82) is 0 Å². The van der Waals surface area contributed by atoms with Crippen molar-refractivity contribution in [2.24, 2.45) is 5.10 Å². The van der Waals surface area contributed by atoms with E-state index in [0.717, 1.165) is 0 Å². The van der Waals surface area contributed by atoms with E-state index in [1.165, 1.54) is 12.1 Å². The number of amides is 1. The first-order chi connectivity index (χ1) is 11.8. The Kier molecular flexibility index (Phi) is 4.57. The van der Waals surface area contributed by atoms with Gasteiger partial charge >= 0.3 is 0 Å². The zero-order chi connectivity index (χ0) is 16.8. The lowest BCUT2D eigenvalue weighted by atomic mass is 10.1. The molecule has 6 heteroatoms. The Morgan fingerprint density at radius 1 is 0.875 bits per heavy atom. The summed E-state index contributed by atoms with van der Waals surface area (Å²) in [5.41, 5.74) is 4.17. The predicted octanol–water partition coefficient (Wildman–Crippen LogP) is 2.36. The van der Waals surface area contributed by atoms with Gasteiger partial charge in [0.1, 0.15) is 11.5 Å². The van der Waals surface area contributed by atoms with Gasteiger partial charge < -0.3 is 5.11 Å². The number of carbonyl (C=O) groups excluding carboxylic acids is 1. The maximum Gasteiger partial charge on any atom is 0.275 e. The van der Waals surface area contributed by atoms with Gasteiger partial charge in [0.2, 0.25) is 0 Å². The molecule has 0 saturated heterocycles. The smallest absolute Gasteiger partial charge is 0.275 e. The summed E-state index contributed by atoms with van der Waals surface area (Å²) in [5, 5.41) is 13.9. The first kappa shape index (κ1) is 15.4. The van der Waals surface area contributed by atoms with Crippen LogP contribution in [0, 0.1) is 0 Å². The Morgan fingerprint density at radius 2 is 1.46 bits per heavy atom. The maximum absolute atomic E-state index is 12.2. The van der Waals surface area contributed by atoms with Crippen LogP contribution >= 0.6 is 0 Å². The first-order valence-electron chi connectivity index (χ1n) is 7.24. The summed E-state index contributed by atoms with van der Waals surface area (Å²) < 4.78 is 0. The molecule has 1 aromatic carbocycles. The highest BCUT2D eigenvalue weighted by Crippen LogP contribution is 2.15. The number of para-hydroxylation sites is 1. The van der Waals surface area contributed by atoms with Crippen molar-refractivity contribution >= 4 is 11.6 Å². The summed E-state index contributed by atoms with van der Waals surface area (Å²) >= 11 is 0. The highest BCUT2D eigenvalue weighted by molar-refractivity contribution is 6.11. The van der Waals surface area contributed by atoms with Crippen molar-refractivity contribution in [3.8, 4) is 5.75 Å². The number of pyridine rings is 2. The monoisotopic (exact) mass is 318 g/mol. The van der Waals surface area contributed by atoms with Gasteiger partial charge in [-0.2, -0.15) is 5.10 Å². The van der Waals surface area contributed by atoms with Crippen LogP contribution in [0.2, 0.25) is 0 Å². The van der Waals surface area contributed by atoms with Gasteiger partial charge in [-0.25, -0.2) is 5.43 Å². The van der Waals surface area contributed by atoms with Crippen molar-refractivity contribution in [3.63, 3.8) is 0 Å². The van der Waals surface area contributed by atoms with Gasteiger partial charge in [0.15, 0.2) is 0 Å². The molecule has 0 saturated carbocycles. The Hall–Kier alpha value is -3.54. The van der Waals surface area contributed by atoms with Crippen LogP contribution in [-0.4, -0.2) is 26.7 Å². The van der Waals surface area contributed by atoms with Crippen molar-refractivity contribution in [3.05, 3.63) is 90.0 Å². The van der Waals surface area contributed by atoms with Gasteiger partial charge in [-0.15, -0.1) is 0 Å². The van der Waals surface area contributed by atoms with Gasteiger partial charge in [-0.3, -0.25) is 14.8 Å². The molecule has 118 valence electrons. The number of carbonyl (C=O) groups is 1. The third-order valence-corrected chi connectivity index (χ3v) is 3.23. The molecule has 0 aliphatic rings. The maximum atomic E-state index is 12.2. The Labute approximate surface area is 138 Å². The molecular formula is C18H14N4O2. The highest BCUT2D eigenvalue weighted by atomic mass is 16.3. The van der Waals surface area contributed by atoms with Gasteiger partial charge in [0.05, 0.1) is 17.0 Å². The fraction of sp³-hybridized carbons (Fsp3) is 0. The molecule has 0 spiro atoms.